The molecule has 0 spiro atoms. The van der Waals surface area contributed by atoms with Crippen molar-refractivity contribution in [3.8, 4) is 108 Å². The number of terminal acetylenes is 2. The molecule has 1 saturated carbocycles. The maximum Gasteiger partial charge on any atom is 0.227 e. The fourth-order valence-electron chi connectivity index (χ4n) is 3.44. The van der Waals surface area contributed by atoms with Gasteiger partial charge in [-0.3, -0.25) is 10.1 Å². The molecule has 1 heterocycles. The Morgan fingerprint density at radius 2 is 1.41 bits per heavy atom. The molecule has 3 N–H and O–H groups in total. The van der Waals surface area contributed by atoms with E-state index < -0.39 is 0 Å². The number of imidazole rings is 1. The first-order valence-corrected chi connectivity index (χ1v) is 13.2. The van der Waals surface area contributed by atoms with Crippen molar-refractivity contribution in [3.05, 3.63) is 44.1 Å². The van der Waals surface area contributed by atoms with Gasteiger partial charge < -0.3 is 9.67 Å². The minimum atomic E-state index is -0.0541. The lowest BCUT2D eigenvalue weighted by molar-refractivity contribution is -0.117. The summed E-state index contributed by atoms with van der Waals surface area (Å²) in [7, 11) is 0. The molecule has 0 unspecified atom stereocenters. The number of amides is 1. The topological polar surface area (TPSA) is 162 Å². The van der Waals surface area contributed by atoms with Crippen LogP contribution in [0.15, 0.2) is 18.2 Å². The normalized spacial score (nSPS) is 9.52. The molecule has 46 heavy (non-hydrogen) atoms. The molecule has 2 aromatic rings. The van der Waals surface area contributed by atoms with E-state index >= 15 is 0 Å². The van der Waals surface area contributed by atoms with Gasteiger partial charge in [0.1, 0.15) is 0 Å². The van der Waals surface area contributed by atoms with Crippen LogP contribution in [0.3, 0.4) is 0 Å². The predicted molar refractivity (Wildman–Crippen MR) is 203 cm³/mol. The Bertz CT molecular complexity index is 1910. The second-order valence-corrected chi connectivity index (χ2v) is 9.80. The predicted octanol–water partition coefficient (Wildman–Crippen LogP) is 7.55. The third-order valence-corrected chi connectivity index (χ3v) is 5.28. The Labute approximate surface area is 285 Å². The van der Waals surface area contributed by atoms with E-state index in [1.807, 2.05) is 18.2 Å². The largest absolute Gasteiger partial charge is 0.392 e. The van der Waals surface area contributed by atoms with Gasteiger partial charge in [0, 0.05) is 38.1 Å². The molecular weight excluding hydrogens is 580 g/mol. The Morgan fingerprint density at radius 3 is 1.76 bits per heavy atom. The number of aliphatic hydroxyl groups is 1. The van der Waals surface area contributed by atoms with Crippen molar-refractivity contribution in [1.29, 1.82) is 5.53 Å². The summed E-state index contributed by atoms with van der Waals surface area (Å²) in [5.74, 6) is 38.9. The molecule has 3 rings (SSSR count). The van der Waals surface area contributed by atoms with Gasteiger partial charge in [-0.15, -0.1) is 18.4 Å². The minimum Gasteiger partial charge on any atom is -0.392 e. The maximum absolute atomic E-state index is 12.3. The van der Waals surface area contributed by atoms with E-state index in [4.69, 9.17) is 33.8 Å². The Hall–Kier alpha value is -6.93. The van der Waals surface area contributed by atoms with Gasteiger partial charge in [0.15, 0.2) is 0 Å². The van der Waals surface area contributed by atoms with Gasteiger partial charge in [-0.05, 0) is 148 Å². The molecule has 1 aliphatic carbocycles. The molecule has 0 aliphatic heterocycles. The van der Waals surface area contributed by atoms with Crippen molar-refractivity contribution in [2.45, 2.75) is 59.1 Å². The Kier molecular flexibility index (Phi) is 20.1. The number of rotatable bonds is 4. The Morgan fingerprint density at radius 1 is 0.978 bits per heavy atom. The summed E-state index contributed by atoms with van der Waals surface area (Å²) >= 11 is 0. The summed E-state index contributed by atoms with van der Waals surface area (Å²) < 4.78 is 2.14. The molecule has 248 valence electrons. The van der Waals surface area contributed by atoms with Crippen LogP contribution in [0.2, 0.25) is 0 Å². The molecular formula is C36H50N6O4. The Balaban J connectivity index is -0.0000000552. The molecule has 0 atom stereocenters. The number of anilines is 1. The summed E-state index contributed by atoms with van der Waals surface area (Å²) in [6, 6.07) is 6.15. The SMILES string of the molecule is C#CC#CC#CC#CC#CC#CC#CC#CC#C.CC(C)(C)CC(=O)Nc1nc2ccc(CO)cc2n1C1CCC1.O=O.[HH].[HH].[HH].[HH].[HH].[HH].[HH].[HH].[HH].[HH].[HH].[N-]=[N+]=N. The summed E-state index contributed by atoms with van der Waals surface area (Å²) in [4.78, 5) is 32.7. The molecule has 0 bridgehead atoms. The van der Waals surface area contributed by atoms with Gasteiger partial charge in [0.25, 0.3) is 0 Å². The molecule has 10 heteroatoms. The van der Waals surface area contributed by atoms with Crippen LogP contribution >= 0.6 is 0 Å². The van der Waals surface area contributed by atoms with Crippen LogP contribution in [0.25, 0.3) is 21.5 Å². The van der Waals surface area contributed by atoms with Crippen LogP contribution in [-0.4, -0.2) is 20.6 Å². The molecule has 1 aromatic carbocycles. The standard InChI is InChI=1S/C18H25N3O2.C18H2.HN3.O2.11H2/c1-18(2,3)10-16(23)20-17-19-14-8-7-12(11-22)9-15(14)21(17)13-5-4-6-13;1-3-5-7-9-11-13-15-17-18-16-14-12-10-8-6-4-2;1-3-2;1-2;;;;;;;;;;;/h7-9,13,22H,4-6,10-11H2,1-3H3,(H,19,20,23);1-2H;1H;;11*1H. The van der Waals surface area contributed by atoms with E-state index in [-0.39, 0.29) is 33.6 Å². The molecule has 1 aliphatic rings. The van der Waals surface area contributed by atoms with Gasteiger partial charge >= 0.3 is 0 Å². The zero-order chi connectivity index (χ0) is 34.6. The van der Waals surface area contributed by atoms with Gasteiger partial charge in [-0.2, -0.15) is 0 Å². The number of carbonyl (C=O) groups is 1. The van der Waals surface area contributed by atoms with Crippen molar-refractivity contribution >= 4 is 22.9 Å². The van der Waals surface area contributed by atoms with Crippen LogP contribution in [-0.2, 0) is 11.4 Å². The number of aromatic nitrogens is 2. The highest BCUT2D eigenvalue weighted by Crippen LogP contribution is 2.37. The minimum absolute atomic E-state index is 0. The summed E-state index contributed by atoms with van der Waals surface area (Å²) in [6.45, 7) is 6.16. The quantitative estimate of drug-likeness (QED) is 0.137. The lowest BCUT2D eigenvalue weighted by Crippen LogP contribution is -2.24. The van der Waals surface area contributed by atoms with E-state index in [9.17, 15) is 9.90 Å². The zero-order valence-corrected chi connectivity index (χ0v) is 25.5. The second kappa shape index (κ2) is 23.6. The van der Waals surface area contributed by atoms with Crippen LogP contribution in [0.5, 0.6) is 0 Å². The maximum atomic E-state index is 12.3. The van der Waals surface area contributed by atoms with E-state index in [0.717, 1.165) is 29.4 Å². The number of hydrogen-bond acceptors (Lipinski definition) is 6. The third kappa shape index (κ3) is 16.5. The van der Waals surface area contributed by atoms with E-state index in [0.29, 0.717) is 18.4 Å². The first-order chi connectivity index (χ1) is 22.2. The van der Waals surface area contributed by atoms with Crippen LogP contribution in [0.1, 0.15) is 73.8 Å². The summed E-state index contributed by atoms with van der Waals surface area (Å²) in [6.07, 6.45) is 13.6. The number of fused-ring (bicyclic) bond motifs is 1. The summed E-state index contributed by atoms with van der Waals surface area (Å²) in [5, 5.41) is 12.4. The van der Waals surface area contributed by atoms with Gasteiger partial charge in [0.2, 0.25) is 11.9 Å². The number of nitrogens with zero attached hydrogens (tertiary/aromatic N) is 4. The average molecular weight is 631 g/mol. The molecule has 1 aromatic heterocycles. The summed E-state index contributed by atoms with van der Waals surface area (Å²) in [5.41, 5.74) is 14.9. The van der Waals surface area contributed by atoms with Gasteiger partial charge in [0.05, 0.1) is 17.6 Å². The number of nitrogens with one attached hydrogen (secondary N) is 2. The number of hydrogen-bond donors (Lipinski definition) is 3. The third-order valence-electron chi connectivity index (χ3n) is 5.28. The van der Waals surface area contributed by atoms with Crippen molar-refractivity contribution in [3.63, 3.8) is 0 Å². The highest BCUT2D eigenvalue weighted by Gasteiger charge is 2.26. The zero-order valence-electron chi connectivity index (χ0n) is 25.5. The lowest BCUT2D eigenvalue weighted by atomic mass is 9.92. The molecule has 1 fully saturated rings. The lowest BCUT2D eigenvalue weighted by Gasteiger charge is -2.29. The highest BCUT2D eigenvalue weighted by atomic mass is 16.7. The van der Waals surface area contributed by atoms with Crippen molar-refractivity contribution < 1.29 is 25.6 Å². The molecule has 0 saturated heterocycles. The van der Waals surface area contributed by atoms with Crippen molar-refractivity contribution in [2.24, 2.45) is 5.41 Å². The van der Waals surface area contributed by atoms with Crippen LogP contribution < -0.4 is 5.32 Å². The molecule has 1 amide bonds. The van der Waals surface area contributed by atoms with Crippen molar-refractivity contribution in [1.82, 2.24) is 9.55 Å². The fraction of sp³-hybridized carbons (Fsp3) is 0.278. The van der Waals surface area contributed by atoms with E-state index in [2.05, 4.69) is 130 Å². The monoisotopic (exact) mass is 630 g/mol. The fourth-order valence-corrected chi connectivity index (χ4v) is 3.44. The van der Waals surface area contributed by atoms with Gasteiger partial charge in [-0.25, -0.2) is 4.98 Å². The van der Waals surface area contributed by atoms with Crippen LogP contribution in [0.4, 0.5) is 5.95 Å². The first-order valence-electron chi connectivity index (χ1n) is 13.2. The average Bonchev–Trinajstić information content (AvgIpc) is 3.33. The van der Waals surface area contributed by atoms with Gasteiger partial charge in [-0.1, -0.05) is 26.8 Å². The van der Waals surface area contributed by atoms with Crippen molar-refractivity contribution in [2.75, 3.05) is 5.32 Å². The number of aliphatic hydroxyl groups excluding tert-OH is 1. The van der Waals surface area contributed by atoms with E-state index in [1.165, 1.54) is 6.42 Å². The first kappa shape index (κ1) is 39.1. The number of benzene rings is 1. The smallest absolute Gasteiger partial charge is 0.227 e. The van der Waals surface area contributed by atoms with E-state index in [1.54, 1.807) is 4.91 Å². The highest BCUT2D eigenvalue weighted by molar-refractivity contribution is 5.92. The number of carbonyl (C=O) groups excluding carboxylic acids is 1. The van der Waals surface area contributed by atoms with Crippen LogP contribution in [0, 0.1) is 128 Å². The molecule has 0 radical (unpaired) electrons. The second-order valence-electron chi connectivity index (χ2n) is 9.80. The molecule has 10 nitrogen and oxygen atoms in total.